The number of rotatable bonds is 6. The summed E-state index contributed by atoms with van der Waals surface area (Å²) in [5.41, 5.74) is 1.68. The van der Waals surface area contributed by atoms with E-state index in [-0.39, 0.29) is 5.91 Å². The van der Waals surface area contributed by atoms with Crippen molar-refractivity contribution in [2.75, 3.05) is 38.8 Å². The zero-order valence-electron chi connectivity index (χ0n) is 15.6. The Labute approximate surface area is 158 Å². The van der Waals surface area contributed by atoms with Crippen LogP contribution in [0.2, 0.25) is 0 Å². The lowest BCUT2D eigenvalue weighted by Gasteiger charge is -2.32. The Morgan fingerprint density at radius 3 is 2.96 bits per heavy atom. The summed E-state index contributed by atoms with van der Waals surface area (Å²) in [6.45, 7) is 4.99. The molecule has 1 aliphatic heterocycles. The normalized spacial score (nSPS) is 17.3. The van der Waals surface area contributed by atoms with Gasteiger partial charge in [0.2, 0.25) is 0 Å². The van der Waals surface area contributed by atoms with Gasteiger partial charge in [0.05, 0.1) is 29.4 Å². The average Bonchev–Trinajstić information content (AvgIpc) is 3.06. The Kier molecular flexibility index (Phi) is 6.21. The van der Waals surface area contributed by atoms with Gasteiger partial charge in [0.25, 0.3) is 5.91 Å². The van der Waals surface area contributed by atoms with E-state index in [4.69, 9.17) is 4.74 Å². The second-order valence-electron chi connectivity index (χ2n) is 6.83. The van der Waals surface area contributed by atoms with E-state index < -0.39 is 0 Å². The fraction of sp³-hybridized carbons (Fsp3) is 0.526. The average molecular weight is 375 g/mol. The molecule has 26 heavy (non-hydrogen) atoms. The summed E-state index contributed by atoms with van der Waals surface area (Å²) in [5.74, 6) is 1.32. The number of nitrogens with zero attached hydrogens (tertiary/aromatic N) is 4. The van der Waals surface area contributed by atoms with Crippen molar-refractivity contribution < 1.29 is 9.53 Å². The number of piperidine rings is 1. The van der Waals surface area contributed by atoms with Crippen LogP contribution in [0.25, 0.3) is 0 Å². The molecule has 0 spiro atoms. The molecule has 6 nitrogen and oxygen atoms in total. The van der Waals surface area contributed by atoms with E-state index >= 15 is 0 Å². The minimum absolute atomic E-state index is 0.0580. The van der Waals surface area contributed by atoms with Gasteiger partial charge >= 0.3 is 0 Å². The molecule has 0 bridgehead atoms. The molecule has 1 unspecified atom stereocenters. The highest BCUT2D eigenvalue weighted by molar-refractivity contribution is 7.09. The predicted octanol–water partition coefficient (Wildman–Crippen LogP) is 2.98. The minimum atomic E-state index is 0.0580. The Bertz CT molecular complexity index is 729. The number of hydrogen-bond donors (Lipinski definition) is 0. The molecular formula is C19H26N4O2S. The predicted molar refractivity (Wildman–Crippen MR) is 104 cm³/mol. The lowest BCUT2D eigenvalue weighted by Crippen LogP contribution is -2.41. The highest BCUT2D eigenvalue weighted by Crippen LogP contribution is 2.20. The molecule has 1 saturated heterocycles. The van der Waals surface area contributed by atoms with Gasteiger partial charge in [0.1, 0.15) is 5.82 Å². The van der Waals surface area contributed by atoms with Crippen LogP contribution >= 0.6 is 11.3 Å². The van der Waals surface area contributed by atoms with E-state index in [2.05, 4.69) is 15.3 Å². The largest absolute Gasteiger partial charge is 0.384 e. The van der Waals surface area contributed by atoms with Crippen LogP contribution in [0.4, 0.5) is 5.82 Å². The number of anilines is 1. The van der Waals surface area contributed by atoms with Crippen LogP contribution in [0, 0.1) is 12.8 Å². The number of carbonyl (C=O) groups excluding carboxylic acids is 1. The van der Waals surface area contributed by atoms with Gasteiger partial charge in [0, 0.05) is 38.8 Å². The number of amides is 1. The number of ether oxygens (including phenoxy) is 1. The molecule has 3 rings (SSSR count). The molecule has 1 atom stereocenters. The lowest BCUT2D eigenvalue weighted by atomic mass is 9.98. The molecule has 2 aromatic rings. The number of thiazole rings is 1. The molecule has 1 amide bonds. The number of aromatic nitrogens is 2. The Balaban J connectivity index is 1.62. The van der Waals surface area contributed by atoms with E-state index in [9.17, 15) is 4.79 Å². The minimum Gasteiger partial charge on any atom is -0.384 e. The molecule has 0 aliphatic carbocycles. The van der Waals surface area contributed by atoms with Crippen LogP contribution < -0.4 is 4.90 Å². The van der Waals surface area contributed by atoms with E-state index in [0.717, 1.165) is 42.5 Å². The van der Waals surface area contributed by atoms with E-state index in [0.29, 0.717) is 24.6 Å². The molecule has 2 aromatic heterocycles. The molecule has 0 aromatic carbocycles. The smallest absolute Gasteiger partial charge is 0.255 e. The highest BCUT2D eigenvalue weighted by atomic mass is 32.1. The summed E-state index contributed by atoms with van der Waals surface area (Å²) < 4.78 is 5.25. The summed E-state index contributed by atoms with van der Waals surface area (Å²) >= 11 is 1.65. The van der Waals surface area contributed by atoms with Gasteiger partial charge in [0.15, 0.2) is 0 Å². The monoisotopic (exact) mass is 374 g/mol. The van der Waals surface area contributed by atoms with Crippen molar-refractivity contribution in [2.24, 2.45) is 5.92 Å². The number of carbonyl (C=O) groups is 1. The SMILES string of the molecule is COCC1CCCN(C(=O)c2ccc(N(C)Cc3csc(C)n3)nc2)C1. The number of likely N-dealkylation sites (tertiary alicyclic amines) is 1. The van der Waals surface area contributed by atoms with Gasteiger partial charge in [-0.1, -0.05) is 0 Å². The molecule has 1 fully saturated rings. The molecule has 7 heteroatoms. The fourth-order valence-corrected chi connectivity index (χ4v) is 3.95. The molecule has 0 radical (unpaired) electrons. The number of methoxy groups -OCH3 is 1. The van der Waals surface area contributed by atoms with Crippen molar-refractivity contribution in [3.8, 4) is 0 Å². The Morgan fingerprint density at radius 1 is 1.46 bits per heavy atom. The topological polar surface area (TPSA) is 58.6 Å². The van der Waals surface area contributed by atoms with Gasteiger partial charge in [-0.25, -0.2) is 9.97 Å². The second kappa shape index (κ2) is 8.60. The fourth-order valence-electron chi connectivity index (χ4n) is 3.35. The first-order valence-electron chi connectivity index (χ1n) is 8.93. The summed E-state index contributed by atoms with van der Waals surface area (Å²) in [6, 6.07) is 3.77. The van der Waals surface area contributed by atoms with Crippen molar-refractivity contribution >= 4 is 23.1 Å². The van der Waals surface area contributed by atoms with E-state index in [1.54, 1.807) is 24.6 Å². The van der Waals surface area contributed by atoms with E-state index in [1.807, 2.05) is 35.9 Å². The number of aryl methyl sites for hydroxylation is 1. The van der Waals surface area contributed by atoms with Crippen LogP contribution in [0.15, 0.2) is 23.7 Å². The van der Waals surface area contributed by atoms with Gasteiger partial charge < -0.3 is 14.5 Å². The molecular weight excluding hydrogens is 348 g/mol. The molecule has 0 saturated carbocycles. The zero-order valence-corrected chi connectivity index (χ0v) is 16.5. The maximum atomic E-state index is 12.7. The number of pyridine rings is 1. The molecule has 0 N–H and O–H groups in total. The second-order valence-corrected chi connectivity index (χ2v) is 7.90. The quantitative estimate of drug-likeness (QED) is 0.778. The maximum absolute atomic E-state index is 12.7. The van der Waals surface area contributed by atoms with Crippen LogP contribution in [0.3, 0.4) is 0 Å². The summed E-state index contributed by atoms with van der Waals surface area (Å²) in [4.78, 5) is 25.7. The summed E-state index contributed by atoms with van der Waals surface area (Å²) in [6.07, 6.45) is 3.83. The Hall–Kier alpha value is -1.99. The maximum Gasteiger partial charge on any atom is 0.255 e. The van der Waals surface area contributed by atoms with E-state index in [1.165, 1.54) is 0 Å². The van der Waals surface area contributed by atoms with Gasteiger partial charge in [-0.3, -0.25) is 4.79 Å². The van der Waals surface area contributed by atoms with Gasteiger partial charge in [-0.15, -0.1) is 11.3 Å². The van der Waals surface area contributed by atoms with Crippen molar-refractivity contribution in [1.82, 2.24) is 14.9 Å². The number of hydrogen-bond acceptors (Lipinski definition) is 6. The third-order valence-corrected chi connectivity index (χ3v) is 5.48. The Morgan fingerprint density at radius 2 is 2.31 bits per heavy atom. The first-order chi connectivity index (χ1) is 12.6. The first-order valence-corrected chi connectivity index (χ1v) is 9.81. The zero-order chi connectivity index (χ0) is 18.5. The summed E-state index contributed by atoms with van der Waals surface area (Å²) in [5, 5.41) is 3.13. The van der Waals surface area contributed by atoms with Crippen LogP contribution in [-0.4, -0.2) is 54.6 Å². The molecule has 1 aliphatic rings. The van der Waals surface area contributed by atoms with Gasteiger partial charge in [-0.05, 0) is 37.8 Å². The third-order valence-electron chi connectivity index (χ3n) is 4.66. The van der Waals surface area contributed by atoms with Crippen molar-refractivity contribution in [1.29, 1.82) is 0 Å². The van der Waals surface area contributed by atoms with Crippen molar-refractivity contribution in [3.63, 3.8) is 0 Å². The molecule has 3 heterocycles. The van der Waals surface area contributed by atoms with Crippen molar-refractivity contribution in [3.05, 3.63) is 40.0 Å². The first kappa shape index (κ1) is 18.8. The standard InChI is InChI=1S/C19H26N4O2S/c1-14-21-17(13-26-14)11-22(2)18-7-6-16(9-20-18)19(24)23-8-4-5-15(10-23)12-25-3/h6-7,9,13,15H,4-5,8,10-12H2,1-3H3. The lowest BCUT2D eigenvalue weighted by molar-refractivity contribution is 0.0570. The van der Waals surface area contributed by atoms with Crippen LogP contribution in [0.1, 0.15) is 33.9 Å². The molecule has 140 valence electrons. The highest BCUT2D eigenvalue weighted by Gasteiger charge is 2.24. The van der Waals surface area contributed by atoms with Gasteiger partial charge in [-0.2, -0.15) is 0 Å². The van der Waals surface area contributed by atoms with Crippen LogP contribution in [-0.2, 0) is 11.3 Å². The van der Waals surface area contributed by atoms with Crippen LogP contribution in [0.5, 0.6) is 0 Å². The summed E-state index contributed by atoms with van der Waals surface area (Å²) in [7, 11) is 3.70. The van der Waals surface area contributed by atoms with Crippen molar-refractivity contribution in [2.45, 2.75) is 26.3 Å². The third kappa shape index (κ3) is 4.59.